The Labute approximate surface area is 149 Å². The third-order valence-electron chi connectivity index (χ3n) is 4.66. The molecule has 1 saturated heterocycles. The summed E-state index contributed by atoms with van der Waals surface area (Å²) in [4.78, 5) is 17.0. The minimum absolute atomic E-state index is 0.114. The lowest BCUT2D eigenvalue weighted by molar-refractivity contribution is -0.123. The highest BCUT2D eigenvalue weighted by Gasteiger charge is 2.39. The van der Waals surface area contributed by atoms with Crippen LogP contribution in [0.25, 0.3) is 0 Å². The maximum Gasteiger partial charge on any atom is 0.241 e. The molecule has 1 aliphatic rings. The first-order valence-electron chi connectivity index (χ1n) is 8.49. The Kier molecular flexibility index (Phi) is 4.56. The molecule has 1 aromatic carbocycles. The van der Waals surface area contributed by atoms with Gasteiger partial charge in [-0.15, -0.1) is 0 Å². The minimum atomic E-state index is -0.292. The van der Waals surface area contributed by atoms with Crippen molar-refractivity contribution in [2.24, 2.45) is 7.05 Å². The molecule has 0 unspecified atom stereocenters. The molecule has 1 amide bonds. The highest BCUT2D eigenvalue weighted by atomic mass is 16.5. The van der Waals surface area contributed by atoms with Gasteiger partial charge in [0.05, 0.1) is 24.9 Å². The first kappa shape index (κ1) is 17.5. The molecular formula is C19H26N4O2. The van der Waals surface area contributed by atoms with Crippen molar-refractivity contribution in [1.29, 1.82) is 0 Å². The topological polar surface area (TPSA) is 50.6 Å². The normalized spacial score (nSPS) is 17.8. The minimum Gasteiger partial charge on any atom is -0.497 e. The van der Waals surface area contributed by atoms with E-state index in [0.717, 1.165) is 30.2 Å². The number of aryl methyl sites for hydroxylation is 2. The standard InChI is InChI=1S/C19H26N4O2/c1-14-15(10-21(4)20-14)11-22-12-18(24)23(19(2,3)13-22)16-6-8-17(25-5)9-7-16/h6-10H,11-13H2,1-5H3. The maximum absolute atomic E-state index is 12.9. The van der Waals surface area contributed by atoms with Crippen molar-refractivity contribution < 1.29 is 9.53 Å². The van der Waals surface area contributed by atoms with Gasteiger partial charge >= 0.3 is 0 Å². The lowest BCUT2D eigenvalue weighted by Crippen LogP contribution is -2.62. The molecule has 1 aromatic heterocycles. The summed E-state index contributed by atoms with van der Waals surface area (Å²) in [5.74, 6) is 0.905. The Morgan fingerprint density at radius 3 is 2.44 bits per heavy atom. The summed E-state index contributed by atoms with van der Waals surface area (Å²) in [5.41, 5.74) is 2.81. The first-order valence-corrected chi connectivity index (χ1v) is 8.49. The van der Waals surface area contributed by atoms with E-state index in [9.17, 15) is 4.79 Å². The van der Waals surface area contributed by atoms with Crippen molar-refractivity contribution in [2.45, 2.75) is 32.9 Å². The molecule has 6 heteroatoms. The van der Waals surface area contributed by atoms with Gasteiger partial charge in [0.15, 0.2) is 0 Å². The van der Waals surface area contributed by atoms with Crippen molar-refractivity contribution >= 4 is 11.6 Å². The van der Waals surface area contributed by atoms with Gasteiger partial charge in [-0.05, 0) is 45.0 Å². The molecule has 0 atom stereocenters. The van der Waals surface area contributed by atoms with Crippen LogP contribution >= 0.6 is 0 Å². The highest BCUT2D eigenvalue weighted by molar-refractivity contribution is 5.97. The predicted octanol–water partition coefficient (Wildman–Crippen LogP) is 2.36. The molecule has 25 heavy (non-hydrogen) atoms. The van der Waals surface area contributed by atoms with Crippen LogP contribution in [0.5, 0.6) is 5.75 Å². The van der Waals surface area contributed by atoms with E-state index in [1.54, 1.807) is 7.11 Å². The summed E-state index contributed by atoms with van der Waals surface area (Å²) in [5, 5.41) is 4.39. The van der Waals surface area contributed by atoms with Crippen molar-refractivity contribution in [3.8, 4) is 5.75 Å². The Hall–Kier alpha value is -2.34. The van der Waals surface area contributed by atoms with E-state index in [1.165, 1.54) is 5.56 Å². The molecule has 2 aromatic rings. The largest absolute Gasteiger partial charge is 0.497 e. The molecule has 1 fully saturated rings. The maximum atomic E-state index is 12.9. The number of anilines is 1. The molecule has 1 aliphatic heterocycles. The number of piperazine rings is 1. The SMILES string of the molecule is COc1ccc(N2C(=O)CN(Cc3cn(C)nc3C)CC2(C)C)cc1. The van der Waals surface area contributed by atoms with Gasteiger partial charge in [-0.1, -0.05) is 0 Å². The van der Waals surface area contributed by atoms with E-state index in [4.69, 9.17) is 4.74 Å². The number of carbonyl (C=O) groups is 1. The van der Waals surface area contributed by atoms with Gasteiger partial charge in [0.25, 0.3) is 0 Å². The Balaban J connectivity index is 1.79. The molecule has 0 N–H and O–H groups in total. The molecule has 0 spiro atoms. The fraction of sp³-hybridized carbons (Fsp3) is 0.474. The molecule has 0 aliphatic carbocycles. The number of nitrogens with zero attached hydrogens (tertiary/aromatic N) is 4. The molecule has 0 saturated carbocycles. The third kappa shape index (κ3) is 3.54. The number of aromatic nitrogens is 2. The molecule has 3 rings (SSSR count). The van der Waals surface area contributed by atoms with Gasteiger partial charge in [0.2, 0.25) is 5.91 Å². The zero-order valence-electron chi connectivity index (χ0n) is 15.6. The second-order valence-corrected chi connectivity index (χ2v) is 7.30. The number of amides is 1. The number of rotatable bonds is 4. The summed E-state index contributed by atoms with van der Waals surface area (Å²) in [7, 11) is 3.57. The summed E-state index contributed by atoms with van der Waals surface area (Å²) in [6.07, 6.45) is 2.03. The number of hydrogen-bond acceptors (Lipinski definition) is 4. The summed E-state index contributed by atoms with van der Waals surface area (Å²) < 4.78 is 7.04. The summed E-state index contributed by atoms with van der Waals surface area (Å²) in [6.45, 7) is 8.18. The van der Waals surface area contributed by atoms with E-state index in [-0.39, 0.29) is 11.4 Å². The zero-order chi connectivity index (χ0) is 18.2. The van der Waals surface area contributed by atoms with Crippen LogP contribution < -0.4 is 9.64 Å². The number of carbonyl (C=O) groups excluding carboxylic acids is 1. The van der Waals surface area contributed by atoms with Crippen molar-refractivity contribution in [2.75, 3.05) is 25.1 Å². The van der Waals surface area contributed by atoms with E-state index in [2.05, 4.69) is 23.8 Å². The highest BCUT2D eigenvalue weighted by Crippen LogP contribution is 2.30. The second kappa shape index (κ2) is 6.52. The number of methoxy groups -OCH3 is 1. The fourth-order valence-electron chi connectivity index (χ4n) is 3.65. The van der Waals surface area contributed by atoms with Crippen LogP contribution in [0.4, 0.5) is 5.69 Å². The quantitative estimate of drug-likeness (QED) is 0.856. The molecule has 134 valence electrons. The first-order chi connectivity index (χ1) is 11.8. The smallest absolute Gasteiger partial charge is 0.241 e. The molecular weight excluding hydrogens is 316 g/mol. The van der Waals surface area contributed by atoms with Crippen LogP contribution in [0.2, 0.25) is 0 Å². The second-order valence-electron chi connectivity index (χ2n) is 7.30. The van der Waals surface area contributed by atoms with E-state index in [0.29, 0.717) is 6.54 Å². The zero-order valence-corrected chi connectivity index (χ0v) is 15.6. The Morgan fingerprint density at radius 1 is 1.24 bits per heavy atom. The van der Waals surface area contributed by atoms with E-state index < -0.39 is 0 Å². The van der Waals surface area contributed by atoms with E-state index >= 15 is 0 Å². The number of ether oxygens (including phenoxy) is 1. The monoisotopic (exact) mass is 342 g/mol. The molecule has 6 nitrogen and oxygen atoms in total. The van der Waals surface area contributed by atoms with Crippen molar-refractivity contribution in [3.63, 3.8) is 0 Å². The van der Waals surface area contributed by atoms with Crippen LogP contribution in [0.15, 0.2) is 30.5 Å². The van der Waals surface area contributed by atoms with Crippen LogP contribution in [0, 0.1) is 6.92 Å². The molecule has 0 radical (unpaired) electrons. The van der Waals surface area contributed by atoms with Gasteiger partial charge in [-0.25, -0.2) is 0 Å². The average Bonchev–Trinajstić information content (AvgIpc) is 2.84. The van der Waals surface area contributed by atoms with Gasteiger partial charge in [0.1, 0.15) is 5.75 Å². The van der Waals surface area contributed by atoms with E-state index in [1.807, 2.05) is 54.0 Å². The van der Waals surface area contributed by atoms with Gasteiger partial charge < -0.3 is 9.64 Å². The average molecular weight is 342 g/mol. The van der Waals surface area contributed by atoms with Gasteiger partial charge in [-0.2, -0.15) is 5.10 Å². The lowest BCUT2D eigenvalue weighted by atomic mass is 9.96. The third-order valence-corrected chi connectivity index (χ3v) is 4.66. The van der Waals surface area contributed by atoms with Crippen LogP contribution in [-0.4, -0.2) is 46.3 Å². The van der Waals surface area contributed by atoms with Crippen molar-refractivity contribution in [1.82, 2.24) is 14.7 Å². The Bertz CT molecular complexity index is 764. The van der Waals surface area contributed by atoms with Crippen LogP contribution in [0.1, 0.15) is 25.1 Å². The van der Waals surface area contributed by atoms with Crippen LogP contribution in [-0.2, 0) is 18.4 Å². The summed E-state index contributed by atoms with van der Waals surface area (Å²) >= 11 is 0. The number of benzene rings is 1. The lowest BCUT2D eigenvalue weighted by Gasteiger charge is -2.46. The fourth-order valence-corrected chi connectivity index (χ4v) is 3.65. The van der Waals surface area contributed by atoms with Gasteiger partial charge in [-0.3, -0.25) is 14.4 Å². The molecule has 2 heterocycles. The van der Waals surface area contributed by atoms with Crippen LogP contribution in [0.3, 0.4) is 0 Å². The Morgan fingerprint density at radius 2 is 1.92 bits per heavy atom. The van der Waals surface area contributed by atoms with Gasteiger partial charge in [0, 0.05) is 37.6 Å². The number of hydrogen-bond donors (Lipinski definition) is 0. The predicted molar refractivity (Wildman–Crippen MR) is 97.8 cm³/mol. The summed E-state index contributed by atoms with van der Waals surface area (Å²) in [6, 6.07) is 7.67. The van der Waals surface area contributed by atoms with Crippen molar-refractivity contribution in [3.05, 3.63) is 41.7 Å². The molecule has 0 bridgehead atoms.